The van der Waals surface area contributed by atoms with Gasteiger partial charge in [-0.3, -0.25) is 14.9 Å². The maximum Gasteiger partial charge on any atom is 0.358 e. The predicted octanol–water partition coefficient (Wildman–Crippen LogP) is 1.69. The maximum atomic E-state index is 11.6. The fourth-order valence-electron chi connectivity index (χ4n) is 1.25. The summed E-state index contributed by atoms with van der Waals surface area (Å²) in [5, 5.41) is 11.0. The Morgan fingerprint density at radius 1 is 1.37 bits per heavy atom. The van der Waals surface area contributed by atoms with Gasteiger partial charge in [-0.25, -0.2) is 4.79 Å². The molecule has 7 nitrogen and oxygen atoms in total. The minimum atomic E-state index is -1.62. The Balaban J connectivity index is 5.24. The summed E-state index contributed by atoms with van der Waals surface area (Å²) < 4.78 is 9.38. The topological polar surface area (TPSA) is 95.7 Å². The Bertz CT molecular complexity index is 374. The average Bonchev–Trinajstić information content (AvgIpc) is 2.26. The van der Waals surface area contributed by atoms with Crippen LogP contribution in [0.15, 0.2) is 11.8 Å². The minimum Gasteiger partial charge on any atom is -0.463 e. The summed E-state index contributed by atoms with van der Waals surface area (Å²) in [5.74, 6) is -1.55. The molecule has 7 heteroatoms. The van der Waals surface area contributed by atoms with Crippen molar-refractivity contribution in [2.75, 3.05) is 6.61 Å². The average molecular weight is 273 g/mol. The third kappa shape index (κ3) is 6.54. The van der Waals surface area contributed by atoms with E-state index in [2.05, 4.69) is 4.74 Å². The number of esters is 2. The van der Waals surface area contributed by atoms with Crippen molar-refractivity contribution in [1.29, 1.82) is 0 Å². The van der Waals surface area contributed by atoms with Gasteiger partial charge in [0, 0.05) is 6.92 Å². The number of rotatable bonds is 7. The monoisotopic (exact) mass is 273 g/mol. The minimum absolute atomic E-state index is 0.0474. The second kappa shape index (κ2) is 8.23. The molecule has 0 aromatic heterocycles. The molecule has 0 radical (unpaired) electrons. The van der Waals surface area contributed by atoms with Crippen molar-refractivity contribution in [2.45, 2.75) is 40.2 Å². The summed E-state index contributed by atoms with van der Waals surface area (Å²) in [7, 11) is 0. The number of hydrogen-bond acceptors (Lipinski definition) is 6. The van der Waals surface area contributed by atoms with Crippen molar-refractivity contribution >= 4 is 11.9 Å². The number of carbonyl (C=O) groups is 2. The molecule has 0 fully saturated rings. The standard InChI is InChI=1S/C12H19NO6/c1-5-18-12(15)11(19-9(4)14)10(13(16)17)7-6-8(2)3/h7-8,11H,5-6H2,1-4H3/b10-7+. The molecule has 0 N–H and O–H groups in total. The molecule has 0 saturated heterocycles. The van der Waals surface area contributed by atoms with Gasteiger partial charge in [0.25, 0.3) is 11.8 Å². The molecule has 0 saturated carbocycles. The summed E-state index contributed by atoms with van der Waals surface area (Å²) >= 11 is 0. The van der Waals surface area contributed by atoms with Crippen molar-refractivity contribution in [3.05, 3.63) is 21.9 Å². The third-order valence-electron chi connectivity index (χ3n) is 2.06. The zero-order valence-electron chi connectivity index (χ0n) is 11.5. The molecule has 0 amide bonds. The molecule has 0 aliphatic heterocycles. The van der Waals surface area contributed by atoms with Crippen LogP contribution in [0.4, 0.5) is 0 Å². The second-order valence-electron chi connectivity index (χ2n) is 4.26. The molecular weight excluding hydrogens is 254 g/mol. The molecule has 0 rings (SSSR count). The van der Waals surface area contributed by atoms with Crippen molar-refractivity contribution < 1.29 is 24.0 Å². The van der Waals surface area contributed by atoms with E-state index >= 15 is 0 Å². The number of hydrogen-bond donors (Lipinski definition) is 0. The van der Waals surface area contributed by atoms with Gasteiger partial charge in [0.1, 0.15) is 0 Å². The Hall–Kier alpha value is -1.92. The van der Waals surface area contributed by atoms with Crippen molar-refractivity contribution in [1.82, 2.24) is 0 Å². The molecular formula is C12H19NO6. The van der Waals surface area contributed by atoms with Crippen LogP contribution in [0.1, 0.15) is 34.1 Å². The lowest BCUT2D eigenvalue weighted by atomic mass is 10.1. The molecule has 0 heterocycles. The first-order valence-electron chi connectivity index (χ1n) is 5.97. The molecule has 0 bridgehead atoms. The summed E-state index contributed by atoms with van der Waals surface area (Å²) in [5.41, 5.74) is -0.470. The van der Waals surface area contributed by atoms with Crippen LogP contribution >= 0.6 is 0 Å². The van der Waals surface area contributed by atoms with Crippen molar-refractivity contribution in [3.63, 3.8) is 0 Å². The molecule has 0 aromatic rings. The number of ether oxygens (including phenoxy) is 2. The Kier molecular flexibility index (Phi) is 7.40. The van der Waals surface area contributed by atoms with Crippen LogP contribution in [-0.2, 0) is 19.1 Å². The van der Waals surface area contributed by atoms with Gasteiger partial charge in [-0.15, -0.1) is 0 Å². The normalized spacial score (nSPS) is 13.0. The summed E-state index contributed by atoms with van der Waals surface area (Å²) in [6.07, 6.45) is 0.0640. The molecule has 1 unspecified atom stereocenters. The molecule has 0 aliphatic carbocycles. The highest BCUT2D eigenvalue weighted by molar-refractivity contribution is 5.81. The van der Waals surface area contributed by atoms with Gasteiger partial charge >= 0.3 is 11.9 Å². The van der Waals surface area contributed by atoms with E-state index in [0.29, 0.717) is 6.42 Å². The third-order valence-corrected chi connectivity index (χ3v) is 2.06. The molecule has 0 aliphatic rings. The Morgan fingerprint density at radius 3 is 2.32 bits per heavy atom. The number of allylic oxidation sites excluding steroid dienone is 1. The summed E-state index contributed by atoms with van der Waals surface area (Å²) in [6, 6.07) is 0. The van der Waals surface area contributed by atoms with Crippen LogP contribution in [0.3, 0.4) is 0 Å². The lowest BCUT2D eigenvalue weighted by molar-refractivity contribution is -0.434. The zero-order valence-corrected chi connectivity index (χ0v) is 11.5. The Labute approximate surface area is 111 Å². The highest BCUT2D eigenvalue weighted by atomic mass is 16.6. The first kappa shape index (κ1) is 17.1. The largest absolute Gasteiger partial charge is 0.463 e. The highest BCUT2D eigenvalue weighted by Gasteiger charge is 2.36. The SMILES string of the molecule is CCOC(=O)C(OC(C)=O)/C(=C\CC(C)C)[N+](=O)[O-]. The molecule has 0 aromatic carbocycles. The molecule has 19 heavy (non-hydrogen) atoms. The molecule has 1 atom stereocenters. The van der Waals surface area contributed by atoms with E-state index in [0.717, 1.165) is 6.92 Å². The van der Waals surface area contributed by atoms with E-state index in [9.17, 15) is 19.7 Å². The molecule has 108 valence electrons. The number of nitrogens with zero attached hydrogens (tertiary/aromatic N) is 1. The van der Waals surface area contributed by atoms with Gasteiger partial charge in [-0.05, 0) is 25.3 Å². The maximum absolute atomic E-state index is 11.6. The Morgan fingerprint density at radius 2 is 1.95 bits per heavy atom. The van der Waals surface area contributed by atoms with Crippen LogP contribution in [0.2, 0.25) is 0 Å². The number of nitro groups is 1. The van der Waals surface area contributed by atoms with Gasteiger partial charge in [-0.2, -0.15) is 0 Å². The number of carbonyl (C=O) groups excluding carboxylic acids is 2. The van der Waals surface area contributed by atoms with Crippen LogP contribution in [-0.4, -0.2) is 29.6 Å². The van der Waals surface area contributed by atoms with E-state index in [-0.39, 0.29) is 12.5 Å². The fraction of sp³-hybridized carbons (Fsp3) is 0.667. The van der Waals surface area contributed by atoms with Crippen LogP contribution in [0.5, 0.6) is 0 Å². The van der Waals surface area contributed by atoms with E-state index in [4.69, 9.17) is 4.74 Å². The van der Waals surface area contributed by atoms with Crippen molar-refractivity contribution in [3.8, 4) is 0 Å². The van der Waals surface area contributed by atoms with Gasteiger partial charge in [-0.1, -0.05) is 13.8 Å². The second-order valence-corrected chi connectivity index (χ2v) is 4.26. The van der Waals surface area contributed by atoms with Crippen LogP contribution in [0.25, 0.3) is 0 Å². The van der Waals surface area contributed by atoms with Crippen LogP contribution in [0, 0.1) is 16.0 Å². The van der Waals surface area contributed by atoms with Crippen LogP contribution < -0.4 is 0 Å². The van der Waals surface area contributed by atoms with E-state index in [1.54, 1.807) is 6.92 Å². The first-order chi connectivity index (χ1) is 8.79. The van der Waals surface area contributed by atoms with E-state index in [1.807, 2.05) is 13.8 Å². The summed E-state index contributed by atoms with van der Waals surface area (Å²) in [6.45, 7) is 6.43. The van der Waals surface area contributed by atoms with Gasteiger partial charge in [0.05, 0.1) is 11.5 Å². The van der Waals surface area contributed by atoms with Gasteiger partial charge in [0.15, 0.2) is 0 Å². The quantitative estimate of drug-likeness (QED) is 0.398. The van der Waals surface area contributed by atoms with E-state index in [1.165, 1.54) is 6.08 Å². The zero-order chi connectivity index (χ0) is 15.0. The van der Waals surface area contributed by atoms with Crippen molar-refractivity contribution in [2.24, 2.45) is 5.92 Å². The fourth-order valence-corrected chi connectivity index (χ4v) is 1.25. The lowest BCUT2D eigenvalue weighted by Gasteiger charge is -2.13. The lowest BCUT2D eigenvalue weighted by Crippen LogP contribution is -2.33. The van der Waals surface area contributed by atoms with Gasteiger partial charge < -0.3 is 9.47 Å². The highest BCUT2D eigenvalue weighted by Crippen LogP contribution is 2.14. The summed E-state index contributed by atoms with van der Waals surface area (Å²) in [4.78, 5) is 32.8. The van der Waals surface area contributed by atoms with E-state index < -0.39 is 28.7 Å². The van der Waals surface area contributed by atoms with Gasteiger partial charge in [0.2, 0.25) is 0 Å². The first-order valence-corrected chi connectivity index (χ1v) is 5.97. The molecule has 0 spiro atoms. The smallest absolute Gasteiger partial charge is 0.358 e. The predicted molar refractivity (Wildman–Crippen MR) is 66.7 cm³/mol.